The van der Waals surface area contributed by atoms with Gasteiger partial charge in [0.05, 0.1) is 13.7 Å². The van der Waals surface area contributed by atoms with Crippen LogP contribution in [-0.2, 0) is 20.9 Å². The van der Waals surface area contributed by atoms with Gasteiger partial charge in [-0.15, -0.1) is 0 Å². The average Bonchev–Trinajstić information content (AvgIpc) is 2.88. The van der Waals surface area contributed by atoms with Gasteiger partial charge in [-0.05, 0) is 60.8 Å². The molecule has 0 fully saturated rings. The van der Waals surface area contributed by atoms with Crippen molar-refractivity contribution in [3.8, 4) is 11.5 Å². The lowest BCUT2D eigenvalue weighted by Gasteiger charge is -2.49. The molecule has 5 rings (SSSR count). The summed E-state index contributed by atoms with van der Waals surface area (Å²) in [5, 5.41) is 0. The predicted octanol–water partition coefficient (Wildman–Crippen LogP) is 7.22. The van der Waals surface area contributed by atoms with E-state index in [1.165, 1.54) is 11.1 Å². The molecule has 0 spiro atoms. The summed E-state index contributed by atoms with van der Waals surface area (Å²) in [4.78, 5) is 30.2. The SMILES string of the molecule is COCCN1C2=C(C(=O)CC(C)(C)C2)C(c2ccc(OCc3cc(C)cc(C)c3)c(OC)c2)C2=C1CC(C)(C)CC2=O. The smallest absolute Gasteiger partial charge is 0.162 e. The molecule has 1 heterocycles. The highest BCUT2D eigenvalue weighted by molar-refractivity contribution is 6.06. The first-order valence-corrected chi connectivity index (χ1v) is 15.0. The van der Waals surface area contributed by atoms with Gasteiger partial charge in [-0.1, -0.05) is 63.1 Å². The first-order chi connectivity index (χ1) is 19.8. The minimum Gasteiger partial charge on any atom is -0.493 e. The maximum absolute atomic E-state index is 14.0. The molecule has 0 bridgehead atoms. The van der Waals surface area contributed by atoms with E-state index in [0.29, 0.717) is 44.1 Å². The predicted molar refractivity (Wildman–Crippen MR) is 165 cm³/mol. The molecule has 2 aliphatic carbocycles. The molecule has 0 N–H and O–H groups in total. The fourth-order valence-electron chi connectivity index (χ4n) is 7.13. The molecule has 6 heteroatoms. The molecule has 1 aliphatic heterocycles. The lowest BCUT2D eigenvalue weighted by atomic mass is 9.63. The van der Waals surface area contributed by atoms with E-state index in [2.05, 4.69) is 64.6 Å². The van der Waals surface area contributed by atoms with E-state index in [9.17, 15) is 9.59 Å². The molecule has 0 saturated carbocycles. The van der Waals surface area contributed by atoms with Gasteiger partial charge in [-0.3, -0.25) is 9.59 Å². The number of methoxy groups -OCH3 is 2. The third kappa shape index (κ3) is 5.92. The van der Waals surface area contributed by atoms with E-state index >= 15 is 0 Å². The van der Waals surface area contributed by atoms with Crippen molar-refractivity contribution < 1.29 is 23.8 Å². The second-order valence-corrected chi connectivity index (χ2v) is 13.9. The number of allylic oxidation sites excluding steroid dienone is 4. The molecule has 2 aromatic rings. The summed E-state index contributed by atoms with van der Waals surface area (Å²) in [6, 6.07) is 12.3. The molecular weight excluding hydrogens is 526 g/mol. The van der Waals surface area contributed by atoms with Gasteiger partial charge in [0, 0.05) is 55.0 Å². The van der Waals surface area contributed by atoms with Crippen molar-refractivity contribution in [2.75, 3.05) is 27.4 Å². The maximum Gasteiger partial charge on any atom is 0.162 e. The fourth-order valence-corrected chi connectivity index (χ4v) is 7.13. The number of Topliss-reactive ketones (excluding diaryl/α,β-unsaturated/α-hetero) is 2. The van der Waals surface area contributed by atoms with Crippen LogP contribution < -0.4 is 9.47 Å². The van der Waals surface area contributed by atoms with Gasteiger partial charge < -0.3 is 19.1 Å². The fraction of sp³-hybridized carbons (Fsp3) is 0.500. The lowest BCUT2D eigenvalue weighted by Crippen LogP contribution is -2.45. The monoisotopic (exact) mass is 571 g/mol. The molecule has 0 atom stereocenters. The highest BCUT2D eigenvalue weighted by Gasteiger charge is 2.49. The number of hydrogen-bond acceptors (Lipinski definition) is 6. The zero-order valence-electron chi connectivity index (χ0n) is 26.5. The molecule has 2 aromatic carbocycles. The van der Waals surface area contributed by atoms with Gasteiger partial charge in [0.2, 0.25) is 0 Å². The molecule has 224 valence electrons. The minimum atomic E-state index is -0.427. The second-order valence-electron chi connectivity index (χ2n) is 13.9. The first kappa shape index (κ1) is 30.1. The molecule has 0 unspecified atom stereocenters. The standard InChI is InChI=1S/C36H45NO5/c1-22-13-23(2)15-24(14-22)21-42-30-10-9-25(16-31(30)41-8)32-33-26(17-35(3,4)19-28(33)38)37(11-12-40-7)27-18-36(5,6)20-29(39)34(27)32/h9-10,13-16,32H,11-12,17-21H2,1-8H3. The molecule has 0 amide bonds. The summed E-state index contributed by atoms with van der Waals surface area (Å²) in [6.07, 6.45) is 2.45. The number of carbonyl (C=O) groups is 2. The lowest BCUT2D eigenvalue weighted by molar-refractivity contribution is -0.119. The summed E-state index contributed by atoms with van der Waals surface area (Å²) >= 11 is 0. The van der Waals surface area contributed by atoms with E-state index in [-0.39, 0.29) is 22.4 Å². The number of rotatable bonds is 8. The zero-order valence-corrected chi connectivity index (χ0v) is 26.5. The van der Waals surface area contributed by atoms with Gasteiger partial charge in [0.25, 0.3) is 0 Å². The number of ketones is 2. The van der Waals surface area contributed by atoms with Crippen LogP contribution in [0.25, 0.3) is 0 Å². The summed E-state index contributed by atoms with van der Waals surface area (Å²) in [5.41, 5.74) is 7.63. The quantitative estimate of drug-likeness (QED) is 0.333. The topological polar surface area (TPSA) is 65.1 Å². The van der Waals surface area contributed by atoms with E-state index in [1.54, 1.807) is 14.2 Å². The Labute approximate surface area is 250 Å². The van der Waals surface area contributed by atoms with Crippen molar-refractivity contribution in [2.24, 2.45) is 10.8 Å². The van der Waals surface area contributed by atoms with Crippen LogP contribution in [0.3, 0.4) is 0 Å². The maximum atomic E-state index is 14.0. The van der Waals surface area contributed by atoms with Crippen LogP contribution in [0.15, 0.2) is 58.9 Å². The van der Waals surface area contributed by atoms with Gasteiger partial charge in [-0.25, -0.2) is 0 Å². The van der Waals surface area contributed by atoms with Crippen LogP contribution in [0.5, 0.6) is 11.5 Å². The number of hydrogen-bond donors (Lipinski definition) is 0. The number of carbonyl (C=O) groups excluding carboxylic acids is 2. The summed E-state index contributed by atoms with van der Waals surface area (Å²) in [5.74, 6) is 1.03. The van der Waals surface area contributed by atoms with Crippen molar-refractivity contribution >= 4 is 11.6 Å². The van der Waals surface area contributed by atoms with Crippen LogP contribution >= 0.6 is 0 Å². The Morgan fingerprint density at radius 2 is 1.36 bits per heavy atom. The largest absolute Gasteiger partial charge is 0.493 e. The van der Waals surface area contributed by atoms with Crippen molar-refractivity contribution in [3.63, 3.8) is 0 Å². The summed E-state index contributed by atoms with van der Waals surface area (Å²) in [6.45, 7) is 14.3. The molecular formula is C36H45NO5. The Balaban J connectivity index is 1.61. The van der Waals surface area contributed by atoms with Gasteiger partial charge in [-0.2, -0.15) is 0 Å². The molecule has 0 aromatic heterocycles. The number of ether oxygens (including phenoxy) is 3. The average molecular weight is 572 g/mol. The zero-order chi connectivity index (χ0) is 30.4. The molecule has 0 radical (unpaired) electrons. The minimum absolute atomic E-state index is 0.118. The first-order valence-electron chi connectivity index (χ1n) is 15.0. The van der Waals surface area contributed by atoms with Gasteiger partial charge in [0.15, 0.2) is 23.1 Å². The molecule has 0 saturated heterocycles. The van der Waals surface area contributed by atoms with E-state index in [4.69, 9.17) is 14.2 Å². The second kappa shape index (κ2) is 11.4. The highest BCUT2D eigenvalue weighted by Crippen LogP contribution is 2.54. The van der Waals surface area contributed by atoms with Crippen LogP contribution in [-0.4, -0.2) is 43.8 Å². The Bertz CT molecular complexity index is 1400. The number of benzene rings is 2. The Kier molecular flexibility index (Phi) is 8.14. The van der Waals surface area contributed by atoms with Crippen LogP contribution in [0.1, 0.15) is 81.5 Å². The van der Waals surface area contributed by atoms with Crippen molar-refractivity contribution in [1.29, 1.82) is 0 Å². The van der Waals surface area contributed by atoms with Crippen molar-refractivity contribution in [2.45, 2.75) is 79.8 Å². The van der Waals surface area contributed by atoms with Crippen LogP contribution in [0, 0.1) is 24.7 Å². The van der Waals surface area contributed by atoms with E-state index in [1.807, 2.05) is 18.2 Å². The van der Waals surface area contributed by atoms with E-state index in [0.717, 1.165) is 46.5 Å². The van der Waals surface area contributed by atoms with E-state index < -0.39 is 5.92 Å². The third-order valence-electron chi connectivity index (χ3n) is 8.74. The van der Waals surface area contributed by atoms with Gasteiger partial charge in [0.1, 0.15) is 6.61 Å². The molecule has 3 aliphatic rings. The van der Waals surface area contributed by atoms with Gasteiger partial charge >= 0.3 is 0 Å². The summed E-state index contributed by atoms with van der Waals surface area (Å²) in [7, 11) is 3.33. The Morgan fingerprint density at radius 1 is 0.786 bits per heavy atom. The van der Waals surface area contributed by atoms with Crippen molar-refractivity contribution in [1.82, 2.24) is 4.90 Å². The molecule has 6 nitrogen and oxygen atoms in total. The number of nitrogens with zero attached hydrogens (tertiary/aromatic N) is 1. The summed E-state index contributed by atoms with van der Waals surface area (Å²) < 4.78 is 17.6. The normalized spacial score (nSPS) is 20.0. The van der Waals surface area contributed by atoms with Crippen molar-refractivity contribution in [3.05, 3.63) is 81.2 Å². The van der Waals surface area contributed by atoms with Crippen LogP contribution in [0.4, 0.5) is 0 Å². The number of aryl methyl sites for hydroxylation is 2. The molecule has 42 heavy (non-hydrogen) atoms. The highest BCUT2D eigenvalue weighted by atomic mass is 16.5. The Hall–Kier alpha value is -3.38. The Morgan fingerprint density at radius 3 is 1.88 bits per heavy atom. The van der Waals surface area contributed by atoms with Crippen LogP contribution in [0.2, 0.25) is 0 Å². The third-order valence-corrected chi connectivity index (χ3v) is 8.74.